The van der Waals surface area contributed by atoms with Crippen molar-refractivity contribution in [1.82, 2.24) is 4.90 Å². The summed E-state index contributed by atoms with van der Waals surface area (Å²) >= 11 is 3.38. The molecule has 2 atom stereocenters. The molecule has 5 heteroatoms. The first-order valence-electron chi connectivity index (χ1n) is 7.33. The van der Waals surface area contributed by atoms with Crippen LogP contribution in [0.4, 0.5) is 0 Å². The van der Waals surface area contributed by atoms with Crippen LogP contribution in [0.25, 0.3) is 0 Å². The zero-order valence-corrected chi connectivity index (χ0v) is 14.2. The lowest BCUT2D eigenvalue weighted by molar-refractivity contribution is -0.140. The van der Waals surface area contributed by atoms with Gasteiger partial charge in [-0.05, 0) is 44.0 Å². The Kier molecular flexibility index (Phi) is 5.27. The van der Waals surface area contributed by atoms with Gasteiger partial charge in [-0.15, -0.1) is 0 Å². The number of benzene rings is 1. The van der Waals surface area contributed by atoms with Crippen LogP contribution in [0.3, 0.4) is 0 Å². The van der Waals surface area contributed by atoms with Gasteiger partial charge in [-0.3, -0.25) is 4.79 Å². The topological polar surface area (TPSA) is 55.6 Å². The Hall–Kier alpha value is -1.07. The molecule has 0 bridgehead atoms. The van der Waals surface area contributed by atoms with Crippen LogP contribution >= 0.6 is 15.9 Å². The summed E-state index contributed by atoms with van der Waals surface area (Å²) in [6.07, 6.45) is 2.85. The maximum Gasteiger partial charge on any atom is 0.229 e. The molecule has 0 spiro atoms. The van der Waals surface area contributed by atoms with Crippen LogP contribution in [0.15, 0.2) is 28.7 Å². The summed E-state index contributed by atoms with van der Waals surface area (Å²) < 4.78 is 6.68. The summed E-state index contributed by atoms with van der Waals surface area (Å²) in [6, 6.07) is 7.64. The number of nitrogens with two attached hydrogens (primary N) is 1. The van der Waals surface area contributed by atoms with Gasteiger partial charge in [0.2, 0.25) is 5.91 Å². The van der Waals surface area contributed by atoms with Crippen LogP contribution in [-0.4, -0.2) is 37.0 Å². The summed E-state index contributed by atoms with van der Waals surface area (Å²) in [7, 11) is 1.82. The van der Waals surface area contributed by atoms with Crippen molar-refractivity contribution in [3.8, 4) is 5.75 Å². The molecule has 116 valence electrons. The molecule has 1 fully saturated rings. The number of carbonyl (C=O) groups is 1. The first kappa shape index (κ1) is 16.3. The van der Waals surface area contributed by atoms with E-state index in [4.69, 9.17) is 10.5 Å². The van der Waals surface area contributed by atoms with Gasteiger partial charge in [-0.1, -0.05) is 22.4 Å². The molecular weight excluding hydrogens is 332 g/mol. The Bertz CT molecular complexity index is 492. The van der Waals surface area contributed by atoms with Gasteiger partial charge in [-0.2, -0.15) is 0 Å². The molecule has 1 aliphatic carbocycles. The minimum Gasteiger partial charge on any atom is -0.492 e. The molecule has 1 aliphatic rings. The number of hydrogen-bond acceptors (Lipinski definition) is 3. The summed E-state index contributed by atoms with van der Waals surface area (Å²) in [6.45, 7) is 3.03. The highest BCUT2D eigenvalue weighted by molar-refractivity contribution is 9.10. The van der Waals surface area contributed by atoms with E-state index < -0.39 is 5.41 Å². The van der Waals surface area contributed by atoms with Crippen LogP contribution in [-0.2, 0) is 4.79 Å². The third-order valence-corrected chi connectivity index (χ3v) is 4.90. The van der Waals surface area contributed by atoms with Gasteiger partial charge in [-0.25, -0.2) is 0 Å². The van der Waals surface area contributed by atoms with E-state index in [2.05, 4.69) is 15.9 Å². The third-order valence-electron chi connectivity index (χ3n) is 4.37. The lowest BCUT2D eigenvalue weighted by Crippen LogP contribution is -2.48. The van der Waals surface area contributed by atoms with Crippen LogP contribution in [0.1, 0.15) is 26.2 Å². The lowest BCUT2D eigenvalue weighted by Gasteiger charge is -2.32. The molecule has 4 nitrogen and oxygen atoms in total. The molecular formula is C16H23BrN2O2. The van der Waals surface area contributed by atoms with E-state index in [1.54, 1.807) is 4.90 Å². The molecule has 0 aliphatic heterocycles. The van der Waals surface area contributed by atoms with Gasteiger partial charge in [0, 0.05) is 17.6 Å². The molecule has 0 aromatic heterocycles. The smallest absolute Gasteiger partial charge is 0.229 e. The molecule has 1 amide bonds. The molecule has 1 aromatic carbocycles. The molecule has 2 N–H and O–H groups in total. The number of likely N-dealkylation sites (N-methyl/N-ethyl adjacent to an activating group) is 1. The average Bonchev–Trinajstić information content (AvgIpc) is 2.81. The van der Waals surface area contributed by atoms with Gasteiger partial charge < -0.3 is 15.4 Å². The molecule has 0 saturated heterocycles. The molecule has 2 unspecified atom stereocenters. The van der Waals surface area contributed by atoms with Crippen LogP contribution < -0.4 is 10.5 Å². The SMILES string of the molecule is CN(CCOc1ccc(Br)cc1)C(=O)C1(C)CCCC1N. The molecule has 1 saturated carbocycles. The summed E-state index contributed by atoms with van der Waals surface area (Å²) in [5, 5.41) is 0. The fourth-order valence-electron chi connectivity index (χ4n) is 2.83. The number of carbonyl (C=O) groups excluding carboxylic acids is 1. The average molecular weight is 355 g/mol. The predicted octanol–water partition coefficient (Wildman–Crippen LogP) is 2.80. The van der Waals surface area contributed by atoms with Crippen LogP contribution in [0.5, 0.6) is 5.75 Å². The summed E-state index contributed by atoms with van der Waals surface area (Å²) in [5.41, 5.74) is 5.69. The Morgan fingerprint density at radius 3 is 2.71 bits per heavy atom. The van der Waals surface area contributed by atoms with Crippen molar-refractivity contribution in [2.75, 3.05) is 20.2 Å². The van der Waals surface area contributed by atoms with Crippen molar-refractivity contribution in [3.63, 3.8) is 0 Å². The van der Waals surface area contributed by atoms with Gasteiger partial charge in [0.1, 0.15) is 12.4 Å². The van der Waals surface area contributed by atoms with E-state index in [1.807, 2.05) is 38.2 Å². The molecule has 21 heavy (non-hydrogen) atoms. The first-order chi connectivity index (χ1) is 9.93. The number of amides is 1. The van der Waals surface area contributed by atoms with Crippen molar-refractivity contribution in [3.05, 3.63) is 28.7 Å². The summed E-state index contributed by atoms with van der Waals surface area (Å²) in [5.74, 6) is 0.940. The van der Waals surface area contributed by atoms with Gasteiger partial charge in [0.05, 0.1) is 12.0 Å². The van der Waals surface area contributed by atoms with Gasteiger partial charge in [0.25, 0.3) is 0 Å². The monoisotopic (exact) mass is 354 g/mol. The fraction of sp³-hybridized carbons (Fsp3) is 0.562. The quantitative estimate of drug-likeness (QED) is 0.884. The minimum atomic E-state index is -0.410. The zero-order chi connectivity index (χ0) is 15.5. The normalized spacial score (nSPS) is 24.9. The van der Waals surface area contributed by atoms with Crippen molar-refractivity contribution < 1.29 is 9.53 Å². The van der Waals surface area contributed by atoms with Crippen molar-refractivity contribution in [2.24, 2.45) is 11.1 Å². The van der Waals surface area contributed by atoms with Crippen molar-refractivity contribution >= 4 is 21.8 Å². The van der Waals surface area contributed by atoms with E-state index >= 15 is 0 Å². The fourth-order valence-corrected chi connectivity index (χ4v) is 3.09. The van der Waals surface area contributed by atoms with E-state index in [0.29, 0.717) is 13.2 Å². The number of nitrogens with zero attached hydrogens (tertiary/aromatic N) is 1. The van der Waals surface area contributed by atoms with E-state index in [-0.39, 0.29) is 11.9 Å². The molecule has 1 aromatic rings. The summed E-state index contributed by atoms with van der Waals surface area (Å²) in [4.78, 5) is 14.3. The van der Waals surface area contributed by atoms with Gasteiger partial charge in [0.15, 0.2) is 0 Å². The molecule has 0 radical (unpaired) electrons. The maximum atomic E-state index is 12.5. The molecule has 0 heterocycles. The highest BCUT2D eigenvalue weighted by Crippen LogP contribution is 2.38. The second-order valence-corrected chi connectivity index (χ2v) is 6.86. The van der Waals surface area contributed by atoms with E-state index in [1.165, 1.54) is 0 Å². The molecule has 2 rings (SSSR count). The Balaban J connectivity index is 1.83. The van der Waals surface area contributed by atoms with Crippen molar-refractivity contribution in [1.29, 1.82) is 0 Å². The highest BCUT2D eigenvalue weighted by atomic mass is 79.9. The Morgan fingerprint density at radius 1 is 1.48 bits per heavy atom. The first-order valence-corrected chi connectivity index (χ1v) is 8.12. The largest absolute Gasteiger partial charge is 0.492 e. The highest BCUT2D eigenvalue weighted by Gasteiger charge is 2.44. The zero-order valence-electron chi connectivity index (χ0n) is 12.6. The Morgan fingerprint density at radius 2 is 2.14 bits per heavy atom. The third kappa shape index (κ3) is 3.77. The predicted molar refractivity (Wildman–Crippen MR) is 87.2 cm³/mol. The number of halogens is 1. The van der Waals surface area contributed by atoms with Crippen LogP contribution in [0, 0.1) is 5.41 Å². The number of rotatable bonds is 5. The Labute approximate surface area is 134 Å². The lowest BCUT2D eigenvalue weighted by atomic mass is 9.83. The van der Waals surface area contributed by atoms with Gasteiger partial charge >= 0.3 is 0 Å². The van der Waals surface area contributed by atoms with Crippen LogP contribution in [0.2, 0.25) is 0 Å². The second-order valence-electron chi connectivity index (χ2n) is 5.95. The van der Waals surface area contributed by atoms with E-state index in [0.717, 1.165) is 29.5 Å². The minimum absolute atomic E-state index is 0.0279. The second kappa shape index (κ2) is 6.79. The number of hydrogen-bond donors (Lipinski definition) is 1. The number of ether oxygens (including phenoxy) is 1. The van der Waals surface area contributed by atoms with E-state index in [9.17, 15) is 4.79 Å². The standard InChI is InChI=1S/C16H23BrN2O2/c1-16(9-3-4-14(16)18)15(20)19(2)10-11-21-13-7-5-12(17)6-8-13/h5-8,14H,3-4,9-11,18H2,1-2H3. The van der Waals surface area contributed by atoms with Crippen molar-refractivity contribution in [2.45, 2.75) is 32.2 Å². The maximum absolute atomic E-state index is 12.5.